The lowest BCUT2D eigenvalue weighted by atomic mass is 10.1. The van der Waals surface area contributed by atoms with Gasteiger partial charge in [0.1, 0.15) is 11.5 Å². The Balaban J connectivity index is 1.33. The minimum atomic E-state index is -0.0629. The molecule has 3 aromatic rings. The van der Waals surface area contributed by atoms with Gasteiger partial charge in [-0.05, 0) is 60.4 Å². The van der Waals surface area contributed by atoms with Gasteiger partial charge in [0.2, 0.25) is 5.91 Å². The first kappa shape index (κ1) is 21.2. The van der Waals surface area contributed by atoms with Crippen LogP contribution in [0.5, 0.6) is 11.5 Å². The molecule has 0 saturated carbocycles. The third-order valence-corrected chi connectivity index (χ3v) is 4.68. The summed E-state index contributed by atoms with van der Waals surface area (Å²) in [5.74, 6) is 1.57. The lowest BCUT2D eigenvalue weighted by molar-refractivity contribution is -0.119. The summed E-state index contributed by atoms with van der Waals surface area (Å²) in [6, 6.07) is 25.7. The van der Waals surface area contributed by atoms with Crippen LogP contribution in [-0.2, 0) is 17.8 Å². The van der Waals surface area contributed by atoms with Crippen LogP contribution in [0.4, 0.5) is 5.69 Å². The Labute approximate surface area is 178 Å². The Bertz CT molecular complexity index is 894. The summed E-state index contributed by atoms with van der Waals surface area (Å²) in [5, 5.41) is 6.03. The van der Waals surface area contributed by atoms with Crippen LogP contribution < -0.4 is 20.1 Å². The van der Waals surface area contributed by atoms with Gasteiger partial charge in [-0.1, -0.05) is 42.5 Å². The minimum absolute atomic E-state index is 0.0629. The van der Waals surface area contributed by atoms with Crippen molar-refractivity contribution in [1.29, 1.82) is 0 Å². The number of carbonyl (C=O) groups is 1. The van der Waals surface area contributed by atoms with E-state index in [4.69, 9.17) is 9.47 Å². The van der Waals surface area contributed by atoms with E-state index in [0.717, 1.165) is 35.6 Å². The first-order chi connectivity index (χ1) is 14.7. The van der Waals surface area contributed by atoms with Crippen molar-refractivity contribution in [3.8, 4) is 11.5 Å². The molecule has 156 valence electrons. The molecule has 0 saturated heterocycles. The third-order valence-electron chi connectivity index (χ3n) is 4.68. The van der Waals surface area contributed by atoms with E-state index in [2.05, 4.69) is 34.9 Å². The summed E-state index contributed by atoms with van der Waals surface area (Å²) < 4.78 is 10.9. The second-order valence-corrected chi connectivity index (χ2v) is 6.94. The molecule has 3 aromatic carbocycles. The Morgan fingerprint density at radius 3 is 2.23 bits per heavy atom. The fourth-order valence-electron chi connectivity index (χ4n) is 2.97. The van der Waals surface area contributed by atoms with Crippen LogP contribution in [0.15, 0.2) is 78.9 Å². The van der Waals surface area contributed by atoms with Gasteiger partial charge in [-0.2, -0.15) is 0 Å². The Morgan fingerprint density at radius 1 is 0.833 bits per heavy atom. The van der Waals surface area contributed by atoms with Crippen LogP contribution in [0, 0.1) is 0 Å². The topological polar surface area (TPSA) is 59.6 Å². The maximum Gasteiger partial charge on any atom is 0.239 e. The normalized spacial score (nSPS) is 10.3. The lowest BCUT2D eigenvalue weighted by Gasteiger charge is -2.10. The van der Waals surface area contributed by atoms with Crippen molar-refractivity contribution in [3.05, 3.63) is 90.0 Å². The summed E-state index contributed by atoms with van der Waals surface area (Å²) in [7, 11) is 1.63. The van der Waals surface area contributed by atoms with Crippen LogP contribution in [0.3, 0.4) is 0 Å². The monoisotopic (exact) mass is 404 g/mol. The summed E-state index contributed by atoms with van der Waals surface area (Å²) in [4.78, 5) is 12.0. The number of anilines is 1. The highest BCUT2D eigenvalue weighted by atomic mass is 16.5. The molecule has 0 aliphatic heterocycles. The number of carbonyl (C=O) groups excluding carboxylic acids is 1. The van der Waals surface area contributed by atoms with E-state index in [0.29, 0.717) is 13.2 Å². The van der Waals surface area contributed by atoms with Gasteiger partial charge in [0, 0.05) is 12.2 Å². The van der Waals surface area contributed by atoms with Gasteiger partial charge in [0.25, 0.3) is 0 Å². The van der Waals surface area contributed by atoms with Gasteiger partial charge in [-0.25, -0.2) is 0 Å². The highest BCUT2D eigenvalue weighted by Crippen LogP contribution is 2.16. The Morgan fingerprint density at radius 2 is 1.53 bits per heavy atom. The van der Waals surface area contributed by atoms with Crippen LogP contribution in [0.2, 0.25) is 0 Å². The molecule has 0 aromatic heterocycles. The van der Waals surface area contributed by atoms with Crippen molar-refractivity contribution in [3.63, 3.8) is 0 Å². The lowest BCUT2D eigenvalue weighted by Crippen LogP contribution is -2.29. The molecule has 0 fully saturated rings. The molecule has 3 rings (SSSR count). The Hall–Kier alpha value is -3.47. The van der Waals surface area contributed by atoms with Gasteiger partial charge in [0.15, 0.2) is 0 Å². The zero-order chi connectivity index (χ0) is 21.0. The molecule has 0 aliphatic rings. The van der Waals surface area contributed by atoms with Gasteiger partial charge in [-0.3, -0.25) is 4.79 Å². The van der Waals surface area contributed by atoms with E-state index in [1.54, 1.807) is 7.11 Å². The summed E-state index contributed by atoms with van der Waals surface area (Å²) in [6.07, 6.45) is 1.98. The fraction of sp³-hybridized carbons (Fsp3) is 0.240. The standard InChI is InChI=1S/C25H28N2O3/c1-29-23-13-9-21(10-14-23)18-27-25(28)19-26-22-11-15-24(16-12-22)30-17-5-8-20-6-3-2-4-7-20/h2-4,6-7,9-16,26H,5,8,17-19H2,1H3,(H,27,28). The molecule has 1 amide bonds. The molecule has 0 aliphatic carbocycles. The quantitative estimate of drug-likeness (QED) is 0.464. The number of rotatable bonds is 11. The molecule has 0 bridgehead atoms. The SMILES string of the molecule is COc1ccc(CNC(=O)CNc2ccc(OCCCc3ccccc3)cc2)cc1. The molecular formula is C25H28N2O3. The van der Waals surface area contributed by atoms with Gasteiger partial charge in [-0.15, -0.1) is 0 Å². The highest BCUT2D eigenvalue weighted by molar-refractivity contribution is 5.80. The third kappa shape index (κ3) is 7.17. The second-order valence-electron chi connectivity index (χ2n) is 6.94. The molecule has 5 nitrogen and oxygen atoms in total. The average molecular weight is 405 g/mol. The average Bonchev–Trinajstić information content (AvgIpc) is 2.81. The van der Waals surface area contributed by atoms with Crippen molar-refractivity contribution >= 4 is 11.6 Å². The maximum atomic E-state index is 12.0. The predicted octanol–water partition coefficient (Wildman–Crippen LogP) is 4.44. The molecular weight excluding hydrogens is 376 g/mol. The molecule has 0 heterocycles. The number of methoxy groups -OCH3 is 1. The molecule has 0 unspecified atom stereocenters. The van der Waals surface area contributed by atoms with Crippen molar-refractivity contribution < 1.29 is 14.3 Å². The molecule has 2 N–H and O–H groups in total. The number of hydrogen-bond donors (Lipinski definition) is 2. The first-order valence-electron chi connectivity index (χ1n) is 10.1. The van der Waals surface area contributed by atoms with Gasteiger partial charge >= 0.3 is 0 Å². The van der Waals surface area contributed by atoms with Crippen LogP contribution in [-0.4, -0.2) is 26.2 Å². The summed E-state index contributed by atoms with van der Waals surface area (Å²) >= 11 is 0. The smallest absolute Gasteiger partial charge is 0.239 e. The Kier molecular flexibility index (Phi) is 8.15. The van der Waals surface area contributed by atoms with Crippen molar-refractivity contribution in [2.24, 2.45) is 0 Å². The molecule has 30 heavy (non-hydrogen) atoms. The zero-order valence-electron chi connectivity index (χ0n) is 17.3. The van der Waals surface area contributed by atoms with Gasteiger partial charge in [0.05, 0.1) is 20.3 Å². The van der Waals surface area contributed by atoms with E-state index >= 15 is 0 Å². The number of ether oxygens (including phenoxy) is 2. The van der Waals surface area contributed by atoms with E-state index in [1.165, 1.54) is 5.56 Å². The number of benzene rings is 3. The first-order valence-corrected chi connectivity index (χ1v) is 10.1. The number of aryl methyl sites for hydroxylation is 1. The molecule has 5 heteroatoms. The van der Waals surface area contributed by atoms with E-state index in [9.17, 15) is 4.79 Å². The van der Waals surface area contributed by atoms with E-state index in [1.807, 2.05) is 54.6 Å². The summed E-state index contributed by atoms with van der Waals surface area (Å²) in [5.41, 5.74) is 3.23. The van der Waals surface area contributed by atoms with E-state index in [-0.39, 0.29) is 12.5 Å². The van der Waals surface area contributed by atoms with Crippen LogP contribution in [0.1, 0.15) is 17.5 Å². The zero-order valence-corrected chi connectivity index (χ0v) is 17.3. The maximum absolute atomic E-state index is 12.0. The van der Waals surface area contributed by atoms with Crippen molar-refractivity contribution in [1.82, 2.24) is 5.32 Å². The van der Waals surface area contributed by atoms with Crippen LogP contribution in [0.25, 0.3) is 0 Å². The molecule has 0 radical (unpaired) electrons. The minimum Gasteiger partial charge on any atom is -0.497 e. The van der Waals surface area contributed by atoms with E-state index < -0.39 is 0 Å². The van der Waals surface area contributed by atoms with Gasteiger partial charge < -0.3 is 20.1 Å². The molecule has 0 spiro atoms. The van der Waals surface area contributed by atoms with Crippen LogP contribution >= 0.6 is 0 Å². The summed E-state index contributed by atoms with van der Waals surface area (Å²) in [6.45, 7) is 1.38. The van der Waals surface area contributed by atoms with Crippen molar-refractivity contribution in [2.75, 3.05) is 25.6 Å². The predicted molar refractivity (Wildman–Crippen MR) is 120 cm³/mol. The number of hydrogen-bond acceptors (Lipinski definition) is 4. The number of nitrogens with one attached hydrogen (secondary N) is 2. The largest absolute Gasteiger partial charge is 0.497 e. The van der Waals surface area contributed by atoms with Crippen molar-refractivity contribution in [2.45, 2.75) is 19.4 Å². The molecule has 0 atom stereocenters. The second kappa shape index (κ2) is 11.5. The highest BCUT2D eigenvalue weighted by Gasteiger charge is 2.03. The number of amides is 1. The fourth-order valence-corrected chi connectivity index (χ4v) is 2.97.